The van der Waals surface area contributed by atoms with Gasteiger partial charge in [-0.25, -0.2) is 0 Å². The number of hydrogen-bond acceptors (Lipinski definition) is 3. The molecule has 0 aliphatic carbocycles. The predicted molar refractivity (Wildman–Crippen MR) is 67.9 cm³/mol. The Labute approximate surface area is 103 Å². The van der Waals surface area contributed by atoms with Crippen LogP contribution in [0.4, 0.5) is 0 Å². The van der Waals surface area contributed by atoms with Crippen molar-refractivity contribution >= 4 is 12.4 Å². The zero-order chi connectivity index (χ0) is 11.6. The van der Waals surface area contributed by atoms with Crippen LogP contribution in [0.1, 0.15) is 31.0 Å². The molecule has 0 heterocycles. The molecule has 92 valence electrons. The molecule has 16 heavy (non-hydrogen) atoms. The van der Waals surface area contributed by atoms with Crippen molar-refractivity contribution in [2.45, 2.75) is 26.8 Å². The van der Waals surface area contributed by atoms with E-state index in [-0.39, 0.29) is 30.8 Å². The quantitative estimate of drug-likeness (QED) is 0.765. The average molecular weight is 246 g/mol. The molecule has 0 saturated heterocycles. The number of halogens is 1. The first-order valence-electron chi connectivity index (χ1n) is 5.04. The fraction of sp³-hybridized carbons (Fsp3) is 0.500. The SMILES string of the molecule is Cc1ccc([C@H](N)C(C)(C)CO)c(O)c1.Cl. The van der Waals surface area contributed by atoms with Crippen LogP contribution in [0, 0.1) is 12.3 Å². The molecule has 4 N–H and O–H groups in total. The van der Waals surface area contributed by atoms with Crippen LogP contribution in [0.2, 0.25) is 0 Å². The Morgan fingerprint density at radius 3 is 2.38 bits per heavy atom. The molecule has 1 rings (SSSR count). The predicted octanol–water partition coefficient (Wildman–Crippen LogP) is 2.14. The Morgan fingerprint density at radius 1 is 1.38 bits per heavy atom. The first-order chi connectivity index (χ1) is 6.88. The van der Waals surface area contributed by atoms with E-state index in [2.05, 4.69) is 0 Å². The highest BCUT2D eigenvalue weighted by Crippen LogP contribution is 2.35. The van der Waals surface area contributed by atoms with Gasteiger partial charge in [-0.05, 0) is 18.6 Å². The van der Waals surface area contributed by atoms with Crippen LogP contribution in [-0.2, 0) is 0 Å². The summed E-state index contributed by atoms with van der Waals surface area (Å²) in [5.74, 6) is 0.198. The van der Waals surface area contributed by atoms with Gasteiger partial charge in [-0.15, -0.1) is 12.4 Å². The van der Waals surface area contributed by atoms with E-state index in [4.69, 9.17) is 5.73 Å². The number of aryl methyl sites for hydroxylation is 1. The third-order valence-corrected chi connectivity index (χ3v) is 2.77. The number of aliphatic hydroxyl groups is 1. The number of aromatic hydroxyl groups is 1. The number of nitrogens with two attached hydrogens (primary N) is 1. The van der Waals surface area contributed by atoms with Gasteiger partial charge < -0.3 is 15.9 Å². The second-order valence-electron chi connectivity index (χ2n) is 4.69. The molecule has 0 aliphatic rings. The highest BCUT2D eigenvalue weighted by molar-refractivity contribution is 5.85. The van der Waals surface area contributed by atoms with E-state index in [9.17, 15) is 10.2 Å². The fourth-order valence-electron chi connectivity index (χ4n) is 1.44. The molecule has 1 aromatic rings. The molecule has 0 radical (unpaired) electrons. The van der Waals surface area contributed by atoms with E-state index < -0.39 is 5.41 Å². The maximum Gasteiger partial charge on any atom is 0.120 e. The van der Waals surface area contributed by atoms with E-state index in [1.165, 1.54) is 0 Å². The van der Waals surface area contributed by atoms with Crippen molar-refractivity contribution < 1.29 is 10.2 Å². The second kappa shape index (κ2) is 5.53. The number of phenols is 1. The van der Waals surface area contributed by atoms with Crippen LogP contribution >= 0.6 is 12.4 Å². The van der Waals surface area contributed by atoms with E-state index in [0.717, 1.165) is 5.56 Å². The van der Waals surface area contributed by atoms with Crippen molar-refractivity contribution in [2.75, 3.05) is 6.61 Å². The molecule has 0 spiro atoms. The van der Waals surface area contributed by atoms with Crippen molar-refractivity contribution in [3.8, 4) is 5.75 Å². The van der Waals surface area contributed by atoms with Gasteiger partial charge in [-0.3, -0.25) is 0 Å². The lowest BCUT2D eigenvalue weighted by molar-refractivity contribution is 0.131. The van der Waals surface area contributed by atoms with E-state index in [0.29, 0.717) is 5.56 Å². The third kappa shape index (κ3) is 3.11. The molecule has 0 aliphatic heterocycles. The summed E-state index contributed by atoms with van der Waals surface area (Å²) in [6.45, 7) is 5.64. The van der Waals surface area contributed by atoms with E-state index in [1.807, 2.05) is 32.9 Å². The molecule has 1 aromatic carbocycles. The van der Waals surface area contributed by atoms with Gasteiger partial charge in [-0.2, -0.15) is 0 Å². The van der Waals surface area contributed by atoms with Gasteiger partial charge in [0.1, 0.15) is 5.75 Å². The molecular weight excluding hydrogens is 226 g/mol. The zero-order valence-corrected chi connectivity index (χ0v) is 10.7. The van der Waals surface area contributed by atoms with Crippen LogP contribution in [0.3, 0.4) is 0 Å². The number of benzene rings is 1. The topological polar surface area (TPSA) is 66.5 Å². The molecule has 0 bridgehead atoms. The lowest BCUT2D eigenvalue weighted by Crippen LogP contribution is -2.32. The van der Waals surface area contributed by atoms with Gasteiger partial charge in [0.05, 0.1) is 0 Å². The Hall–Kier alpha value is -0.770. The van der Waals surface area contributed by atoms with E-state index >= 15 is 0 Å². The molecule has 1 atom stereocenters. The molecule has 4 heteroatoms. The minimum atomic E-state index is -0.438. The van der Waals surface area contributed by atoms with Crippen molar-refractivity contribution in [3.05, 3.63) is 29.3 Å². The Bertz CT molecular complexity index is 353. The maximum absolute atomic E-state index is 9.76. The third-order valence-electron chi connectivity index (χ3n) is 2.77. The van der Waals surface area contributed by atoms with Gasteiger partial charge in [0, 0.05) is 23.6 Å². The summed E-state index contributed by atoms with van der Waals surface area (Å²) in [6, 6.07) is 5.03. The Kier molecular flexibility index (Phi) is 5.26. The Morgan fingerprint density at radius 2 is 1.94 bits per heavy atom. The minimum Gasteiger partial charge on any atom is -0.508 e. The Balaban J connectivity index is 0.00000225. The van der Waals surface area contributed by atoms with Gasteiger partial charge >= 0.3 is 0 Å². The van der Waals surface area contributed by atoms with Crippen molar-refractivity contribution in [1.82, 2.24) is 0 Å². The molecular formula is C12H20ClNO2. The largest absolute Gasteiger partial charge is 0.508 e. The summed E-state index contributed by atoms with van der Waals surface area (Å²) in [5, 5.41) is 19.0. The first-order valence-corrected chi connectivity index (χ1v) is 5.04. The molecule has 0 aromatic heterocycles. The first kappa shape index (κ1) is 15.2. The van der Waals surface area contributed by atoms with Crippen LogP contribution in [0.15, 0.2) is 18.2 Å². The smallest absolute Gasteiger partial charge is 0.120 e. The monoisotopic (exact) mass is 245 g/mol. The lowest BCUT2D eigenvalue weighted by Gasteiger charge is -2.30. The van der Waals surface area contributed by atoms with Crippen LogP contribution in [0.5, 0.6) is 5.75 Å². The van der Waals surface area contributed by atoms with Gasteiger partial charge in [0.25, 0.3) is 0 Å². The van der Waals surface area contributed by atoms with Gasteiger partial charge in [0.2, 0.25) is 0 Å². The van der Waals surface area contributed by atoms with Crippen LogP contribution in [0.25, 0.3) is 0 Å². The number of aliphatic hydroxyl groups excluding tert-OH is 1. The number of hydrogen-bond donors (Lipinski definition) is 3. The fourth-order valence-corrected chi connectivity index (χ4v) is 1.44. The molecule has 0 saturated carbocycles. The summed E-state index contributed by atoms with van der Waals surface area (Å²) < 4.78 is 0. The summed E-state index contributed by atoms with van der Waals surface area (Å²) in [7, 11) is 0. The molecule has 0 unspecified atom stereocenters. The van der Waals surface area contributed by atoms with Crippen molar-refractivity contribution in [2.24, 2.45) is 11.1 Å². The second-order valence-corrected chi connectivity index (χ2v) is 4.69. The van der Waals surface area contributed by atoms with Crippen molar-refractivity contribution in [3.63, 3.8) is 0 Å². The molecule has 0 fully saturated rings. The number of phenolic OH excluding ortho intramolecular Hbond substituents is 1. The molecule has 3 nitrogen and oxygen atoms in total. The van der Waals surface area contributed by atoms with E-state index in [1.54, 1.807) is 6.07 Å². The summed E-state index contributed by atoms with van der Waals surface area (Å²) >= 11 is 0. The van der Waals surface area contributed by atoms with Crippen LogP contribution < -0.4 is 5.73 Å². The highest BCUT2D eigenvalue weighted by atomic mass is 35.5. The summed E-state index contributed by atoms with van der Waals surface area (Å²) in [4.78, 5) is 0. The maximum atomic E-state index is 9.76. The summed E-state index contributed by atoms with van der Waals surface area (Å²) in [5.41, 5.74) is 7.25. The lowest BCUT2D eigenvalue weighted by atomic mass is 9.81. The summed E-state index contributed by atoms with van der Waals surface area (Å²) in [6.07, 6.45) is 0. The van der Waals surface area contributed by atoms with Crippen molar-refractivity contribution in [1.29, 1.82) is 0 Å². The molecule has 0 amide bonds. The zero-order valence-electron chi connectivity index (χ0n) is 9.90. The standard InChI is InChI=1S/C12H19NO2.ClH/c1-8-4-5-9(10(15)6-8)11(13)12(2,3)7-14;/h4-6,11,14-15H,7,13H2,1-3H3;1H/t11-;/m0./s1. The van der Waals surface area contributed by atoms with Gasteiger partial charge in [-0.1, -0.05) is 26.0 Å². The average Bonchev–Trinajstić information content (AvgIpc) is 2.17. The minimum absolute atomic E-state index is 0. The van der Waals surface area contributed by atoms with Gasteiger partial charge in [0.15, 0.2) is 0 Å². The normalized spacial score (nSPS) is 13.1. The number of rotatable bonds is 3. The highest BCUT2D eigenvalue weighted by Gasteiger charge is 2.28. The van der Waals surface area contributed by atoms with Crippen LogP contribution in [-0.4, -0.2) is 16.8 Å².